The SMILES string of the molecule is COc1cc2c(cc1OC)[C@@H](C(=O)NCc1cccs1)[C@@H](c1cccs1)N(C)C2=O. The van der Waals surface area contributed by atoms with Crippen molar-refractivity contribution in [1.29, 1.82) is 0 Å². The number of nitrogens with zero attached hydrogens (tertiary/aromatic N) is 1. The maximum Gasteiger partial charge on any atom is 0.254 e. The second-order valence-electron chi connectivity index (χ2n) is 6.95. The molecular weight excluding hydrogens is 420 g/mol. The van der Waals surface area contributed by atoms with Gasteiger partial charge in [-0.05, 0) is 40.6 Å². The van der Waals surface area contributed by atoms with Gasteiger partial charge < -0.3 is 19.7 Å². The Balaban J connectivity index is 1.80. The Kier molecular flexibility index (Phi) is 5.78. The first-order valence-corrected chi connectivity index (χ1v) is 11.2. The van der Waals surface area contributed by atoms with Crippen LogP contribution in [-0.4, -0.2) is 38.0 Å². The van der Waals surface area contributed by atoms with Crippen molar-refractivity contribution in [3.63, 3.8) is 0 Å². The average molecular weight is 443 g/mol. The lowest BCUT2D eigenvalue weighted by Gasteiger charge is -2.39. The van der Waals surface area contributed by atoms with E-state index in [0.29, 0.717) is 29.2 Å². The van der Waals surface area contributed by atoms with Crippen LogP contribution >= 0.6 is 22.7 Å². The molecule has 2 atom stereocenters. The van der Waals surface area contributed by atoms with Gasteiger partial charge in [0, 0.05) is 22.4 Å². The van der Waals surface area contributed by atoms with Crippen LogP contribution in [-0.2, 0) is 11.3 Å². The van der Waals surface area contributed by atoms with Gasteiger partial charge in [0.15, 0.2) is 11.5 Å². The Hall–Kier alpha value is -2.84. The van der Waals surface area contributed by atoms with Crippen LogP contribution < -0.4 is 14.8 Å². The number of hydrogen-bond acceptors (Lipinski definition) is 6. The largest absolute Gasteiger partial charge is 0.493 e. The molecule has 8 heteroatoms. The summed E-state index contributed by atoms with van der Waals surface area (Å²) in [6.07, 6.45) is 0. The standard InChI is InChI=1S/C22H22N2O4S2/c1-24-20(18-7-5-9-30-18)19(21(25)23-12-13-6-4-8-29-13)14-10-16(27-2)17(28-3)11-15(14)22(24)26/h4-11,19-20H,12H2,1-3H3,(H,23,25)/t19-,20-/m1/s1. The van der Waals surface area contributed by atoms with E-state index in [1.807, 2.05) is 35.0 Å². The van der Waals surface area contributed by atoms with Gasteiger partial charge in [0.05, 0.1) is 32.7 Å². The molecule has 0 bridgehead atoms. The van der Waals surface area contributed by atoms with Crippen LogP contribution in [0.5, 0.6) is 11.5 Å². The zero-order valence-electron chi connectivity index (χ0n) is 16.9. The van der Waals surface area contributed by atoms with Crippen molar-refractivity contribution in [2.75, 3.05) is 21.3 Å². The van der Waals surface area contributed by atoms with Crippen LogP contribution in [0.1, 0.15) is 37.6 Å². The molecule has 0 unspecified atom stereocenters. The van der Waals surface area contributed by atoms with Crippen molar-refractivity contribution < 1.29 is 19.1 Å². The second kappa shape index (κ2) is 8.49. The minimum Gasteiger partial charge on any atom is -0.493 e. The lowest BCUT2D eigenvalue weighted by atomic mass is 9.81. The molecule has 4 rings (SSSR count). The predicted octanol–water partition coefficient (Wildman–Crippen LogP) is 4.05. The summed E-state index contributed by atoms with van der Waals surface area (Å²) in [4.78, 5) is 30.3. The van der Waals surface area contributed by atoms with E-state index >= 15 is 0 Å². The third kappa shape index (κ3) is 3.57. The van der Waals surface area contributed by atoms with Crippen molar-refractivity contribution in [3.05, 3.63) is 68.0 Å². The summed E-state index contributed by atoms with van der Waals surface area (Å²) >= 11 is 3.13. The third-order valence-corrected chi connectivity index (χ3v) is 7.13. The number of amides is 2. The van der Waals surface area contributed by atoms with E-state index in [-0.39, 0.29) is 11.8 Å². The molecule has 3 aromatic rings. The van der Waals surface area contributed by atoms with Crippen molar-refractivity contribution in [2.24, 2.45) is 0 Å². The normalized spacial score (nSPS) is 18.1. The molecule has 0 spiro atoms. The summed E-state index contributed by atoms with van der Waals surface area (Å²) in [6, 6.07) is 10.9. The molecule has 0 saturated heterocycles. The number of carbonyl (C=O) groups excluding carboxylic acids is 2. The van der Waals surface area contributed by atoms with Gasteiger partial charge in [-0.2, -0.15) is 0 Å². The van der Waals surface area contributed by atoms with Gasteiger partial charge in [-0.25, -0.2) is 0 Å². The predicted molar refractivity (Wildman–Crippen MR) is 118 cm³/mol. The molecule has 1 aliphatic rings. The van der Waals surface area contributed by atoms with Gasteiger partial charge in [0.25, 0.3) is 5.91 Å². The zero-order chi connectivity index (χ0) is 21.3. The van der Waals surface area contributed by atoms with Crippen molar-refractivity contribution >= 4 is 34.5 Å². The fraction of sp³-hybridized carbons (Fsp3) is 0.273. The highest BCUT2D eigenvalue weighted by Gasteiger charge is 2.44. The van der Waals surface area contributed by atoms with E-state index in [4.69, 9.17) is 9.47 Å². The number of hydrogen-bond donors (Lipinski definition) is 1. The minimum atomic E-state index is -0.568. The summed E-state index contributed by atoms with van der Waals surface area (Å²) in [6.45, 7) is 0.449. The lowest BCUT2D eigenvalue weighted by Crippen LogP contribution is -2.45. The number of benzene rings is 1. The minimum absolute atomic E-state index is 0.130. The third-order valence-electron chi connectivity index (χ3n) is 5.31. The number of likely N-dealkylation sites (N-methyl/N-ethyl adjacent to an activating group) is 1. The molecule has 0 saturated carbocycles. The molecule has 2 amide bonds. The molecule has 30 heavy (non-hydrogen) atoms. The Labute approximate surface area is 183 Å². The van der Waals surface area contributed by atoms with Crippen LogP contribution in [0.3, 0.4) is 0 Å². The summed E-state index contributed by atoms with van der Waals surface area (Å²) in [5, 5.41) is 6.99. The second-order valence-corrected chi connectivity index (χ2v) is 8.96. The van der Waals surface area contributed by atoms with Crippen molar-refractivity contribution in [1.82, 2.24) is 10.2 Å². The molecule has 3 heterocycles. The summed E-state index contributed by atoms with van der Waals surface area (Å²) < 4.78 is 10.8. The fourth-order valence-corrected chi connectivity index (χ4v) is 5.39. The zero-order valence-corrected chi connectivity index (χ0v) is 18.5. The Bertz CT molecular complexity index is 1050. The first kappa shape index (κ1) is 20.4. The molecule has 1 aliphatic heterocycles. The number of methoxy groups -OCH3 is 2. The molecule has 0 aliphatic carbocycles. The van der Waals surface area contributed by atoms with E-state index in [1.165, 1.54) is 18.4 Å². The fourth-order valence-electron chi connectivity index (χ4n) is 3.84. The summed E-state index contributed by atoms with van der Waals surface area (Å²) in [5.74, 6) is 0.113. The van der Waals surface area contributed by atoms with Crippen LogP contribution in [0.2, 0.25) is 0 Å². The maximum absolute atomic E-state index is 13.5. The molecular formula is C22H22N2O4S2. The number of thiophene rings is 2. The number of carbonyl (C=O) groups is 2. The van der Waals surface area contributed by atoms with Crippen LogP contribution in [0, 0.1) is 0 Å². The van der Waals surface area contributed by atoms with Gasteiger partial charge in [-0.15, -0.1) is 22.7 Å². The lowest BCUT2D eigenvalue weighted by molar-refractivity contribution is -0.124. The van der Waals surface area contributed by atoms with Crippen molar-refractivity contribution in [2.45, 2.75) is 18.5 Å². The van der Waals surface area contributed by atoms with E-state index in [1.54, 1.807) is 42.5 Å². The Morgan fingerprint density at radius 3 is 2.43 bits per heavy atom. The molecule has 0 fully saturated rings. The highest BCUT2D eigenvalue weighted by atomic mass is 32.1. The van der Waals surface area contributed by atoms with Gasteiger partial charge in [0.1, 0.15) is 0 Å². The molecule has 1 N–H and O–H groups in total. The van der Waals surface area contributed by atoms with Gasteiger partial charge in [-0.3, -0.25) is 9.59 Å². The molecule has 156 valence electrons. The first-order valence-electron chi connectivity index (χ1n) is 9.41. The van der Waals surface area contributed by atoms with E-state index < -0.39 is 12.0 Å². The van der Waals surface area contributed by atoms with E-state index in [9.17, 15) is 9.59 Å². The Morgan fingerprint density at radius 1 is 1.10 bits per heavy atom. The van der Waals surface area contributed by atoms with Gasteiger partial charge in [-0.1, -0.05) is 12.1 Å². The van der Waals surface area contributed by atoms with Crippen LogP contribution in [0.25, 0.3) is 0 Å². The molecule has 0 radical (unpaired) electrons. The topological polar surface area (TPSA) is 67.9 Å². The number of rotatable bonds is 6. The van der Waals surface area contributed by atoms with E-state index in [0.717, 1.165) is 9.75 Å². The average Bonchev–Trinajstić information content (AvgIpc) is 3.47. The molecule has 6 nitrogen and oxygen atoms in total. The van der Waals surface area contributed by atoms with E-state index in [2.05, 4.69) is 5.32 Å². The first-order chi connectivity index (χ1) is 14.5. The molecule has 2 aromatic heterocycles. The number of nitrogens with one attached hydrogen (secondary N) is 1. The summed E-state index contributed by atoms with van der Waals surface area (Å²) in [5.41, 5.74) is 1.11. The van der Waals surface area contributed by atoms with Gasteiger partial charge >= 0.3 is 0 Å². The highest BCUT2D eigenvalue weighted by molar-refractivity contribution is 7.10. The Morgan fingerprint density at radius 2 is 1.80 bits per heavy atom. The maximum atomic E-state index is 13.5. The van der Waals surface area contributed by atoms with Crippen molar-refractivity contribution in [3.8, 4) is 11.5 Å². The number of ether oxygens (including phenoxy) is 2. The highest BCUT2D eigenvalue weighted by Crippen LogP contribution is 2.46. The monoisotopic (exact) mass is 442 g/mol. The van der Waals surface area contributed by atoms with Crippen LogP contribution in [0.4, 0.5) is 0 Å². The smallest absolute Gasteiger partial charge is 0.254 e. The molecule has 1 aromatic carbocycles. The number of fused-ring (bicyclic) bond motifs is 1. The van der Waals surface area contributed by atoms with Gasteiger partial charge in [0.2, 0.25) is 5.91 Å². The summed E-state index contributed by atoms with van der Waals surface area (Å²) in [7, 11) is 4.82. The van der Waals surface area contributed by atoms with Crippen LogP contribution in [0.15, 0.2) is 47.2 Å². The quantitative estimate of drug-likeness (QED) is 0.625.